The minimum Gasteiger partial charge on any atom is -0.748 e. The molecule has 176 valence electrons. The normalized spacial score (nSPS) is 15.2. The molecule has 0 N–H and O–H groups in total. The maximum atomic E-state index is 11.1. The van der Waals surface area contributed by atoms with Gasteiger partial charge in [-0.3, -0.25) is 0 Å². The molecule has 1 aliphatic rings. The van der Waals surface area contributed by atoms with E-state index in [0.29, 0.717) is 16.4 Å². The van der Waals surface area contributed by atoms with Gasteiger partial charge in [-0.15, -0.1) is 0 Å². The molecule has 0 aliphatic carbocycles. The van der Waals surface area contributed by atoms with Crippen LogP contribution in [0.4, 0.5) is 11.4 Å². The van der Waals surface area contributed by atoms with Crippen LogP contribution in [0.5, 0.6) is 0 Å². The minimum absolute atomic E-state index is 0.0866. The van der Waals surface area contributed by atoms with Crippen molar-refractivity contribution in [1.29, 1.82) is 10.5 Å². The highest BCUT2D eigenvalue weighted by molar-refractivity contribution is 7.85. The van der Waals surface area contributed by atoms with Crippen molar-refractivity contribution in [3.63, 3.8) is 0 Å². The molecule has 0 unspecified atom stereocenters. The van der Waals surface area contributed by atoms with Crippen LogP contribution in [0.15, 0.2) is 77.8 Å². The van der Waals surface area contributed by atoms with E-state index in [4.69, 9.17) is 18.2 Å². The minimum atomic E-state index is -4.37. The lowest BCUT2D eigenvalue weighted by atomic mass is 9.96. The number of hydrogen-bond donors (Lipinski definition) is 0. The van der Waals surface area contributed by atoms with Crippen molar-refractivity contribution < 1.29 is 13.0 Å². The predicted molar refractivity (Wildman–Crippen MR) is 134 cm³/mol. The highest BCUT2D eigenvalue weighted by atomic mass is 35.5. The van der Waals surface area contributed by atoms with Gasteiger partial charge >= 0.3 is 0 Å². The first-order valence-electron chi connectivity index (χ1n) is 10.3. The van der Waals surface area contributed by atoms with E-state index in [9.17, 15) is 23.5 Å². The zero-order valence-corrected chi connectivity index (χ0v) is 20.2. The second-order valence-electron chi connectivity index (χ2n) is 7.49. The van der Waals surface area contributed by atoms with Gasteiger partial charge in [0.2, 0.25) is 0 Å². The van der Waals surface area contributed by atoms with Crippen molar-refractivity contribution in [3.05, 3.63) is 99.8 Å². The third-order valence-electron chi connectivity index (χ3n) is 5.29. The number of allylic oxidation sites excluding steroid dienone is 5. The summed E-state index contributed by atoms with van der Waals surface area (Å²) in [6.45, 7) is 7.61. The van der Waals surface area contributed by atoms with E-state index >= 15 is 0 Å². The van der Waals surface area contributed by atoms with Gasteiger partial charge in [-0.2, -0.15) is 5.26 Å². The number of nitrogens with zero attached hydrogens (tertiary/aromatic N) is 5. The molecular weight excluding hydrogens is 486 g/mol. The lowest BCUT2D eigenvalue weighted by Crippen LogP contribution is -2.27. The lowest BCUT2D eigenvalue weighted by molar-refractivity contribution is 0.461. The van der Waals surface area contributed by atoms with Crippen LogP contribution in [0.25, 0.3) is 10.4 Å². The van der Waals surface area contributed by atoms with Crippen LogP contribution in [0, 0.1) is 29.2 Å². The number of rotatable bonds is 7. The van der Waals surface area contributed by atoms with Gasteiger partial charge in [0.1, 0.15) is 5.82 Å². The quantitative estimate of drug-likeness (QED) is 0.232. The molecule has 0 radical (unpaired) electrons. The second kappa shape index (κ2) is 10.9. The van der Waals surface area contributed by atoms with Crippen LogP contribution >= 0.6 is 11.6 Å². The SMILES string of the molecule is [C-]#[N+]/C(C#N)=C(/C(C#N)=C/C=C1\N(C)c2ccc(Cl)cc2N1CCCS(=O)(=O)[O-])c1ccccc1. The van der Waals surface area contributed by atoms with Crippen LogP contribution in [-0.2, 0) is 10.1 Å². The average Bonchev–Trinajstić information content (AvgIpc) is 3.08. The zero-order valence-electron chi connectivity index (χ0n) is 18.6. The maximum absolute atomic E-state index is 11.1. The highest BCUT2D eigenvalue weighted by Crippen LogP contribution is 2.42. The Hall–Kier alpha value is -4.07. The molecule has 3 rings (SSSR count). The van der Waals surface area contributed by atoms with Crippen molar-refractivity contribution >= 4 is 38.7 Å². The maximum Gasteiger partial charge on any atom is 0.270 e. The molecule has 0 saturated heterocycles. The molecule has 0 bridgehead atoms. The van der Waals surface area contributed by atoms with E-state index in [0.717, 1.165) is 11.4 Å². The number of hydrogen-bond acceptors (Lipinski definition) is 7. The summed E-state index contributed by atoms with van der Waals surface area (Å²) in [6.07, 6.45) is 3.25. The Morgan fingerprint density at radius 2 is 1.89 bits per heavy atom. The predicted octanol–water partition coefficient (Wildman–Crippen LogP) is 4.68. The van der Waals surface area contributed by atoms with E-state index in [2.05, 4.69) is 10.9 Å². The molecule has 0 amide bonds. The number of nitriles is 2. The van der Waals surface area contributed by atoms with E-state index in [1.54, 1.807) is 55.6 Å². The average molecular weight is 505 g/mol. The summed E-state index contributed by atoms with van der Waals surface area (Å²) in [5, 5.41) is 19.9. The summed E-state index contributed by atoms with van der Waals surface area (Å²) in [4.78, 5) is 6.95. The molecule has 0 fully saturated rings. The Balaban J connectivity index is 2.11. The van der Waals surface area contributed by atoms with E-state index < -0.39 is 15.9 Å². The van der Waals surface area contributed by atoms with Crippen molar-refractivity contribution in [3.8, 4) is 12.1 Å². The molecule has 1 aliphatic heterocycles. The summed E-state index contributed by atoms with van der Waals surface area (Å²) in [5.74, 6) is 0.0830. The standard InChI is InChI=1S/C25H20ClN5O3S/c1-29-21(17-28)25(18-7-4-3-5-8-18)19(16-27)9-12-24-30(2)22-11-10-20(26)15-23(22)31(24)13-6-14-35(32,33)34/h3-5,7-12,15H,6,13-14H2,2H3,(H,32,33,34)/p-1/b19-9+,24-12+,25-21+. The smallest absolute Gasteiger partial charge is 0.270 e. The number of halogens is 1. The zero-order chi connectivity index (χ0) is 25.6. The fourth-order valence-electron chi connectivity index (χ4n) is 3.76. The van der Waals surface area contributed by atoms with Gasteiger partial charge in [-0.25, -0.2) is 18.5 Å². The van der Waals surface area contributed by atoms with Gasteiger partial charge in [0.25, 0.3) is 5.70 Å². The molecule has 0 aromatic heterocycles. The van der Waals surface area contributed by atoms with Gasteiger partial charge in [0.05, 0.1) is 45.8 Å². The van der Waals surface area contributed by atoms with Gasteiger partial charge in [-0.1, -0.05) is 41.9 Å². The Morgan fingerprint density at radius 3 is 2.49 bits per heavy atom. The van der Waals surface area contributed by atoms with E-state index in [-0.39, 0.29) is 29.8 Å². The molecule has 0 atom stereocenters. The second-order valence-corrected chi connectivity index (χ2v) is 9.45. The first-order valence-corrected chi connectivity index (χ1v) is 12.3. The molecule has 2 aromatic rings. The van der Waals surface area contributed by atoms with E-state index in [1.165, 1.54) is 6.08 Å². The fourth-order valence-corrected chi connectivity index (χ4v) is 4.41. The number of fused-ring (bicyclic) bond motifs is 1. The Bertz CT molecular complexity index is 1440. The van der Waals surface area contributed by atoms with Crippen molar-refractivity contribution in [2.24, 2.45) is 0 Å². The molecule has 8 nitrogen and oxygen atoms in total. The Labute approximate surface area is 209 Å². The monoisotopic (exact) mass is 504 g/mol. The molecule has 35 heavy (non-hydrogen) atoms. The van der Waals surface area contributed by atoms with Gasteiger partial charge < -0.3 is 14.4 Å². The molecule has 0 saturated carbocycles. The van der Waals surface area contributed by atoms with Crippen molar-refractivity contribution in [2.45, 2.75) is 6.42 Å². The van der Waals surface area contributed by atoms with Gasteiger partial charge in [-0.05, 0) is 42.3 Å². The summed E-state index contributed by atoms with van der Waals surface area (Å²) in [6, 6.07) is 17.9. The Morgan fingerprint density at radius 1 is 1.17 bits per heavy atom. The van der Waals surface area contributed by atoms with Crippen molar-refractivity contribution in [2.75, 3.05) is 29.1 Å². The van der Waals surface area contributed by atoms with Crippen molar-refractivity contribution in [1.82, 2.24) is 0 Å². The first-order chi connectivity index (χ1) is 16.7. The summed E-state index contributed by atoms with van der Waals surface area (Å²) in [7, 11) is -2.57. The molecule has 0 spiro atoms. The number of anilines is 2. The highest BCUT2D eigenvalue weighted by Gasteiger charge is 2.28. The molecule has 10 heteroatoms. The molecule has 1 heterocycles. The first kappa shape index (κ1) is 25.6. The molecule has 2 aromatic carbocycles. The third-order valence-corrected chi connectivity index (χ3v) is 6.32. The van der Waals surface area contributed by atoms with Crippen LogP contribution in [0.2, 0.25) is 5.02 Å². The number of benzene rings is 2. The third kappa shape index (κ3) is 5.90. The lowest BCUT2D eigenvalue weighted by Gasteiger charge is -2.23. The topological polar surface area (TPSA) is 116 Å². The van der Waals surface area contributed by atoms with Crippen LogP contribution in [0.1, 0.15) is 12.0 Å². The van der Waals surface area contributed by atoms with Gasteiger partial charge in [0.15, 0.2) is 0 Å². The van der Waals surface area contributed by atoms with Crippen LogP contribution < -0.4 is 9.80 Å². The summed E-state index contributed by atoms with van der Waals surface area (Å²) in [5.41, 5.74) is 2.19. The Kier molecular flexibility index (Phi) is 7.96. The van der Waals surface area contributed by atoms with Crippen LogP contribution in [0.3, 0.4) is 0 Å². The van der Waals surface area contributed by atoms with E-state index in [1.807, 2.05) is 21.9 Å². The van der Waals surface area contributed by atoms with Gasteiger partial charge in [0, 0.05) is 29.9 Å². The largest absolute Gasteiger partial charge is 0.748 e. The fraction of sp³-hybridized carbons (Fsp3) is 0.160. The molecular formula is C25H19ClN5O3S-. The summed E-state index contributed by atoms with van der Waals surface area (Å²) < 4.78 is 33.3. The summed E-state index contributed by atoms with van der Waals surface area (Å²) >= 11 is 6.19. The van der Waals surface area contributed by atoms with Crippen LogP contribution in [-0.4, -0.2) is 32.3 Å².